The molecule has 0 radical (unpaired) electrons. The van der Waals surface area contributed by atoms with E-state index >= 15 is 0 Å². The van der Waals surface area contributed by atoms with Gasteiger partial charge in [0, 0.05) is 12.7 Å². The fourth-order valence-electron chi connectivity index (χ4n) is 2.48. The number of nitrogens with one attached hydrogen (secondary N) is 2. The number of hydrogen-bond acceptors (Lipinski definition) is 6. The SMILES string of the molecule is Clc1cccc(Nc2ccnc(NCc3ccc4c(c3)OCO4)n2)c1Cl. The van der Waals surface area contributed by atoms with Crippen molar-refractivity contribution in [3.8, 4) is 11.5 Å². The lowest BCUT2D eigenvalue weighted by molar-refractivity contribution is 0.174. The molecular formula is C18H14Cl2N4O2. The first-order chi connectivity index (χ1) is 12.7. The number of hydrogen-bond donors (Lipinski definition) is 2. The lowest BCUT2D eigenvalue weighted by Gasteiger charge is -2.10. The summed E-state index contributed by atoms with van der Waals surface area (Å²) in [5.41, 5.74) is 1.72. The highest BCUT2D eigenvalue weighted by molar-refractivity contribution is 6.43. The summed E-state index contributed by atoms with van der Waals surface area (Å²) in [7, 11) is 0. The molecule has 0 bridgehead atoms. The van der Waals surface area contributed by atoms with Crippen molar-refractivity contribution >= 4 is 40.7 Å². The second kappa shape index (κ2) is 7.27. The van der Waals surface area contributed by atoms with Gasteiger partial charge in [-0.1, -0.05) is 35.3 Å². The third-order valence-corrected chi connectivity index (χ3v) is 4.58. The number of nitrogens with zero attached hydrogens (tertiary/aromatic N) is 2. The molecule has 3 aromatic rings. The lowest BCUT2D eigenvalue weighted by atomic mass is 10.2. The molecule has 0 saturated heterocycles. The van der Waals surface area contributed by atoms with Crippen LogP contribution in [0, 0.1) is 0 Å². The number of ether oxygens (including phenoxy) is 2. The van der Waals surface area contributed by atoms with E-state index in [0.29, 0.717) is 34.0 Å². The topological polar surface area (TPSA) is 68.3 Å². The molecule has 132 valence electrons. The summed E-state index contributed by atoms with van der Waals surface area (Å²) in [5, 5.41) is 7.25. The van der Waals surface area contributed by atoms with Crippen molar-refractivity contribution in [3.63, 3.8) is 0 Å². The fraction of sp³-hybridized carbons (Fsp3) is 0.111. The van der Waals surface area contributed by atoms with E-state index in [1.54, 1.807) is 18.3 Å². The molecule has 6 nitrogen and oxygen atoms in total. The molecule has 0 spiro atoms. The zero-order chi connectivity index (χ0) is 17.9. The fourth-order valence-corrected chi connectivity index (χ4v) is 2.83. The van der Waals surface area contributed by atoms with E-state index in [0.717, 1.165) is 17.1 Å². The Labute approximate surface area is 160 Å². The van der Waals surface area contributed by atoms with E-state index in [2.05, 4.69) is 20.6 Å². The predicted octanol–water partition coefficient (Wildman–Crippen LogP) is 4.87. The highest BCUT2D eigenvalue weighted by atomic mass is 35.5. The van der Waals surface area contributed by atoms with Crippen LogP contribution in [0.2, 0.25) is 10.0 Å². The molecule has 8 heteroatoms. The van der Waals surface area contributed by atoms with Crippen molar-refractivity contribution in [2.45, 2.75) is 6.54 Å². The highest BCUT2D eigenvalue weighted by Gasteiger charge is 2.13. The minimum Gasteiger partial charge on any atom is -0.454 e. The van der Waals surface area contributed by atoms with Crippen molar-refractivity contribution in [2.75, 3.05) is 17.4 Å². The van der Waals surface area contributed by atoms with Crippen LogP contribution in [0.15, 0.2) is 48.7 Å². The van der Waals surface area contributed by atoms with Gasteiger partial charge < -0.3 is 20.1 Å². The molecule has 1 aliphatic heterocycles. The Kier molecular flexibility index (Phi) is 4.69. The standard InChI is InChI=1S/C18H14Cl2N4O2/c19-12-2-1-3-13(17(12)20)23-16-6-7-21-18(24-16)22-9-11-4-5-14-15(8-11)26-10-25-14/h1-8H,9-10H2,(H2,21,22,23,24). The molecule has 2 N–H and O–H groups in total. The van der Waals surface area contributed by atoms with Crippen LogP contribution >= 0.6 is 23.2 Å². The summed E-state index contributed by atoms with van der Waals surface area (Å²) in [5.74, 6) is 2.61. The molecule has 4 rings (SSSR count). The van der Waals surface area contributed by atoms with E-state index in [9.17, 15) is 0 Å². The van der Waals surface area contributed by atoms with Crippen LogP contribution in [0.3, 0.4) is 0 Å². The summed E-state index contributed by atoms with van der Waals surface area (Å²) in [6, 6.07) is 12.9. The van der Waals surface area contributed by atoms with Crippen molar-refractivity contribution in [1.82, 2.24) is 9.97 Å². The number of rotatable bonds is 5. The largest absolute Gasteiger partial charge is 0.454 e. The maximum absolute atomic E-state index is 6.19. The Morgan fingerprint density at radius 1 is 1.04 bits per heavy atom. The first kappa shape index (κ1) is 16.8. The van der Waals surface area contributed by atoms with E-state index in [1.807, 2.05) is 30.3 Å². The third kappa shape index (κ3) is 3.61. The summed E-state index contributed by atoms with van der Waals surface area (Å²) in [6.07, 6.45) is 1.66. The van der Waals surface area contributed by atoms with Gasteiger partial charge in [-0.15, -0.1) is 0 Å². The maximum Gasteiger partial charge on any atom is 0.231 e. The Bertz CT molecular complexity index is 952. The molecular weight excluding hydrogens is 375 g/mol. The zero-order valence-electron chi connectivity index (χ0n) is 13.5. The van der Waals surface area contributed by atoms with E-state index in [1.165, 1.54) is 0 Å². The van der Waals surface area contributed by atoms with Crippen LogP contribution in [-0.4, -0.2) is 16.8 Å². The van der Waals surface area contributed by atoms with Crippen molar-refractivity contribution in [2.24, 2.45) is 0 Å². The monoisotopic (exact) mass is 388 g/mol. The molecule has 0 saturated carbocycles. The smallest absolute Gasteiger partial charge is 0.231 e. The predicted molar refractivity (Wildman–Crippen MR) is 102 cm³/mol. The molecule has 0 unspecified atom stereocenters. The van der Waals surface area contributed by atoms with Crippen molar-refractivity contribution < 1.29 is 9.47 Å². The normalized spacial score (nSPS) is 12.1. The van der Waals surface area contributed by atoms with Crippen LogP contribution in [0.5, 0.6) is 11.5 Å². The van der Waals surface area contributed by atoms with Gasteiger partial charge in [0.1, 0.15) is 5.82 Å². The van der Waals surface area contributed by atoms with E-state index in [-0.39, 0.29) is 6.79 Å². The van der Waals surface area contributed by atoms with Gasteiger partial charge in [0.25, 0.3) is 0 Å². The average Bonchev–Trinajstić information content (AvgIpc) is 3.12. The van der Waals surface area contributed by atoms with Gasteiger partial charge in [-0.3, -0.25) is 0 Å². The van der Waals surface area contributed by atoms with E-state index in [4.69, 9.17) is 32.7 Å². The first-order valence-corrected chi connectivity index (χ1v) is 8.61. The van der Waals surface area contributed by atoms with Gasteiger partial charge >= 0.3 is 0 Å². The van der Waals surface area contributed by atoms with Crippen LogP contribution < -0.4 is 20.1 Å². The average molecular weight is 389 g/mol. The van der Waals surface area contributed by atoms with Crippen LogP contribution in [-0.2, 0) is 6.54 Å². The van der Waals surface area contributed by atoms with Gasteiger partial charge in [-0.05, 0) is 35.9 Å². The van der Waals surface area contributed by atoms with Crippen molar-refractivity contribution in [3.05, 3.63) is 64.3 Å². The van der Waals surface area contributed by atoms with Crippen molar-refractivity contribution in [1.29, 1.82) is 0 Å². The minimum atomic E-state index is 0.259. The van der Waals surface area contributed by atoms with Gasteiger partial charge in [0.15, 0.2) is 11.5 Å². The van der Waals surface area contributed by atoms with Crippen LogP contribution in [0.1, 0.15) is 5.56 Å². The Hall–Kier alpha value is -2.70. The molecule has 2 heterocycles. The Morgan fingerprint density at radius 2 is 1.92 bits per heavy atom. The van der Waals surface area contributed by atoms with Gasteiger partial charge in [0.2, 0.25) is 12.7 Å². The molecule has 1 aliphatic rings. The lowest BCUT2D eigenvalue weighted by Crippen LogP contribution is -2.05. The Balaban J connectivity index is 1.45. The minimum absolute atomic E-state index is 0.259. The number of aromatic nitrogens is 2. The maximum atomic E-state index is 6.19. The quantitative estimate of drug-likeness (QED) is 0.649. The van der Waals surface area contributed by atoms with Gasteiger partial charge in [-0.25, -0.2) is 4.98 Å². The number of benzene rings is 2. The summed E-state index contributed by atoms with van der Waals surface area (Å²) in [4.78, 5) is 8.67. The summed E-state index contributed by atoms with van der Waals surface area (Å²) >= 11 is 12.2. The Morgan fingerprint density at radius 3 is 2.85 bits per heavy atom. The number of halogens is 2. The first-order valence-electron chi connectivity index (χ1n) is 7.85. The summed E-state index contributed by atoms with van der Waals surface area (Å²) in [6.45, 7) is 0.813. The number of fused-ring (bicyclic) bond motifs is 1. The van der Waals surface area contributed by atoms with Crippen LogP contribution in [0.25, 0.3) is 0 Å². The van der Waals surface area contributed by atoms with E-state index < -0.39 is 0 Å². The zero-order valence-corrected chi connectivity index (χ0v) is 15.0. The molecule has 26 heavy (non-hydrogen) atoms. The molecule has 0 atom stereocenters. The third-order valence-electron chi connectivity index (χ3n) is 3.76. The highest BCUT2D eigenvalue weighted by Crippen LogP contribution is 2.33. The number of anilines is 3. The molecule has 1 aromatic heterocycles. The van der Waals surface area contributed by atoms with Crippen LogP contribution in [0.4, 0.5) is 17.5 Å². The second-order valence-corrected chi connectivity index (χ2v) is 6.32. The molecule has 0 aliphatic carbocycles. The summed E-state index contributed by atoms with van der Waals surface area (Å²) < 4.78 is 10.7. The van der Waals surface area contributed by atoms with Gasteiger partial charge in [-0.2, -0.15) is 4.98 Å². The molecule has 0 amide bonds. The molecule has 0 fully saturated rings. The second-order valence-electron chi connectivity index (χ2n) is 5.53. The molecule has 2 aromatic carbocycles. The van der Waals surface area contributed by atoms with Gasteiger partial charge in [0.05, 0.1) is 15.7 Å².